The molecule has 1 aliphatic heterocycles. The van der Waals surface area contributed by atoms with Gasteiger partial charge < -0.3 is 15.8 Å². The summed E-state index contributed by atoms with van der Waals surface area (Å²) in [5.41, 5.74) is 6.07. The van der Waals surface area contributed by atoms with E-state index in [-0.39, 0.29) is 11.9 Å². The Morgan fingerprint density at radius 2 is 1.95 bits per heavy atom. The van der Waals surface area contributed by atoms with Crippen molar-refractivity contribution >= 4 is 5.91 Å². The van der Waals surface area contributed by atoms with Gasteiger partial charge in [0.2, 0.25) is 5.91 Å². The number of hydrogen-bond acceptors (Lipinski definition) is 3. The summed E-state index contributed by atoms with van der Waals surface area (Å²) in [6.45, 7) is 1.63. The van der Waals surface area contributed by atoms with E-state index in [4.69, 9.17) is 10.5 Å². The van der Waals surface area contributed by atoms with Crippen LogP contribution in [0.2, 0.25) is 0 Å². The van der Waals surface area contributed by atoms with Crippen LogP contribution in [-0.4, -0.2) is 31.2 Å². The van der Waals surface area contributed by atoms with Crippen LogP contribution in [0.5, 0.6) is 0 Å². The first kappa shape index (κ1) is 14.8. The van der Waals surface area contributed by atoms with Crippen LogP contribution in [0.4, 0.5) is 0 Å². The molecule has 3 N–H and O–H groups in total. The lowest BCUT2D eigenvalue weighted by Gasteiger charge is -2.28. The van der Waals surface area contributed by atoms with E-state index in [1.165, 1.54) is 25.7 Å². The summed E-state index contributed by atoms with van der Waals surface area (Å²) in [4.78, 5) is 11.9. The van der Waals surface area contributed by atoms with Crippen molar-refractivity contribution in [3.8, 4) is 0 Å². The Bertz CT molecular complexity index is 277. The zero-order valence-corrected chi connectivity index (χ0v) is 11.9. The van der Waals surface area contributed by atoms with Gasteiger partial charge in [-0.1, -0.05) is 12.8 Å². The van der Waals surface area contributed by atoms with Crippen LogP contribution in [0.1, 0.15) is 57.8 Å². The van der Waals surface area contributed by atoms with E-state index in [0.717, 1.165) is 38.8 Å². The van der Waals surface area contributed by atoms with Gasteiger partial charge in [-0.3, -0.25) is 4.79 Å². The molecule has 3 unspecified atom stereocenters. The first-order chi connectivity index (χ1) is 9.25. The topological polar surface area (TPSA) is 64.4 Å². The third-order valence-corrected chi connectivity index (χ3v) is 4.48. The van der Waals surface area contributed by atoms with Crippen molar-refractivity contribution in [3.63, 3.8) is 0 Å². The van der Waals surface area contributed by atoms with Crippen molar-refractivity contribution in [2.75, 3.05) is 13.2 Å². The lowest BCUT2D eigenvalue weighted by molar-refractivity contribution is -0.122. The highest BCUT2D eigenvalue weighted by atomic mass is 16.5. The number of nitrogens with two attached hydrogens (primary N) is 1. The summed E-state index contributed by atoms with van der Waals surface area (Å²) in [5, 5.41) is 3.02. The Hall–Kier alpha value is -0.610. The summed E-state index contributed by atoms with van der Waals surface area (Å²) in [6.07, 6.45) is 10.1. The summed E-state index contributed by atoms with van der Waals surface area (Å²) < 4.78 is 5.66. The summed E-state index contributed by atoms with van der Waals surface area (Å²) in [7, 11) is 0. The molecule has 19 heavy (non-hydrogen) atoms. The van der Waals surface area contributed by atoms with E-state index in [0.29, 0.717) is 18.4 Å². The molecule has 1 amide bonds. The van der Waals surface area contributed by atoms with Gasteiger partial charge in [0.15, 0.2) is 0 Å². The maximum atomic E-state index is 11.9. The average Bonchev–Trinajstić information content (AvgIpc) is 2.43. The molecule has 0 spiro atoms. The third kappa shape index (κ3) is 5.11. The monoisotopic (exact) mass is 268 g/mol. The van der Waals surface area contributed by atoms with Gasteiger partial charge in [-0.05, 0) is 44.4 Å². The molecule has 2 rings (SSSR count). The van der Waals surface area contributed by atoms with Gasteiger partial charge >= 0.3 is 0 Å². The van der Waals surface area contributed by atoms with E-state index in [1.807, 2.05) is 0 Å². The molecule has 0 aromatic heterocycles. The zero-order chi connectivity index (χ0) is 13.5. The van der Waals surface area contributed by atoms with Crippen LogP contribution in [0.15, 0.2) is 0 Å². The molecule has 110 valence electrons. The Kier molecular flexibility index (Phi) is 6.11. The number of carbonyl (C=O) groups excluding carboxylic acids is 1. The molecule has 2 fully saturated rings. The standard InChI is InChI=1S/C15H28N2O2/c16-14-7-2-1-5-12(14)11-15(18)17-9-8-13-6-3-4-10-19-13/h12-14H,1-11,16H2,(H,17,18). The van der Waals surface area contributed by atoms with Gasteiger partial charge in [-0.15, -0.1) is 0 Å². The fourth-order valence-corrected chi connectivity index (χ4v) is 3.21. The van der Waals surface area contributed by atoms with Crippen molar-refractivity contribution < 1.29 is 9.53 Å². The molecule has 0 bridgehead atoms. The van der Waals surface area contributed by atoms with E-state index in [9.17, 15) is 4.79 Å². The Balaban J connectivity index is 1.58. The van der Waals surface area contributed by atoms with E-state index in [2.05, 4.69) is 5.32 Å². The number of rotatable bonds is 5. The first-order valence-electron chi connectivity index (χ1n) is 7.89. The second-order valence-electron chi connectivity index (χ2n) is 6.04. The third-order valence-electron chi connectivity index (χ3n) is 4.48. The minimum Gasteiger partial charge on any atom is -0.378 e. The largest absolute Gasteiger partial charge is 0.378 e. The number of nitrogens with one attached hydrogen (secondary N) is 1. The predicted molar refractivity (Wildman–Crippen MR) is 75.8 cm³/mol. The van der Waals surface area contributed by atoms with Gasteiger partial charge in [0, 0.05) is 25.6 Å². The fraction of sp³-hybridized carbons (Fsp3) is 0.933. The Morgan fingerprint density at radius 3 is 2.68 bits per heavy atom. The molecule has 4 nitrogen and oxygen atoms in total. The van der Waals surface area contributed by atoms with Crippen molar-refractivity contribution in [1.82, 2.24) is 5.32 Å². The van der Waals surface area contributed by atoms with Crippen molar-refractivity contribution in [2.45, 2.75) is 69.9 Å². The zero-order valence-electron chi connectivity index (χ0n) is 11.9. The van der Waals surface area contributed by atoms with Crippen LogP contribution >= 0.6 is 0 Å². The predicted octanol–water partition coefficient (Wildman–Crippen LogP) is 1.97. The van der Waals surface area contributed by atoms with E-state index < -0.39 is 0 Å². The molecule has 4 heteroatoms. The van der Waals surface area contributed by atoms with Gasteiger partial charge in [0.1, 0.15) is 0 Å². The quantitative estimate of drug-likeness (QED) is 0.801. The Labute approximate surface area is 116 Å². The Morgan fingerprint density at radius 1 is 1.16 bits per heavy atom. The number of carbonyl (C=O) groups is 1. The summed E-state index contributed by atoms with van der Waals surface area (Å²) in [5.74, 6) is 0.554. The lowest BCUT2D eigenvalue weighted by Crippen LogP contribution is -2.37. The molecule has 0 radical (unpaired) electrons. The molecule has 1 saturated heterocycles. The van der Waals surface area contributed by atoms with Crippen molar-refractivity contribution in [3.05, 3.63) is 0 Å². The highest BCUT2D eigenvalue weighted by molar-refractivity contribution is 5.76. The minimum atomic E-state index is 0.165. The number of hydrogen-bond donors (Lipinski definition) is 2. The molecule has 1 saturated carbocycles. The summed E-state index contributed by atoms with van der Waals surface area (Å²) in [6, 6.07) is 0.223. The molecule has 1 heterocycles. The minimum absolute atomic E-state index is 0.165. The number of ether oxygens (including phenoxy) is 1. The highest BCUT2D eigenvalue weighted by Gasteiger charge is 2.24. The summed E-state index contributed by atoms with van der Waals surface area (Å²) >= 11 is 0. The van der Waals surface area contributed by atoms with Crippen LogP contribution in [0.3, 0.4) is 0 Å². The normalized spacial score (nSPS) is 31.9. The van der Waals surface area contributed by atoms with Gasteiger partial charge in [-0.2, -0.15) is 0 Å². The van der Waals surface area contributed by atoms with Gasteiger partial charge in [-0.25, -0.2) is 0 Å². The molecule has 1 aliphatic carbocycles. The second-order valence-corrected chi connectivity index (χ2v) is 6.04. The van der Waals surface area contributed by atoms with Gasteiger partial charge in [0.05, 0.1) is 6.10 Å². The average molecular weight is 268 g/mol. The molecule has 0 aromatic carbocycles. The van der Waals surface area contributed by atoms with Crippen molar-refractivity contribution in [1.29, 1.82) is 0 Å². The first-order valence-corrected chi connectivity index (χ1v) is 7.89. The SMILES string of the molecule is NC1CCCCC1CC(=O)NCCC1CCCCO1. The number of amides is 1. The molecule has 2 aliphatic rings. The smallest absolute Gasteiger partial charge is 0.220 e. The van der Waals surface area contributed by atoms with Crippen LogP contribution < -0.4 is 11.1 Å². The molecule has 0 aromatic rings. The maximum absolute atomic E-state index is 11.9. The van der Waals surface area contributed by atoms with Crippen LogP contribution in [0.25, 0.3) is 0 Å². The second kappa shape index (κ2) is 7.85. The van der Waals surface area contributed by atoms with E-state index >= 15 is 0 Å². The van der Waals surface area contributed by atoms with Crippen molar-refractivity contribution in [2.24, 2.45) is 11.7 Å². The molecular weight excluding hydrogens is 240 g/mol. The maximum Gasteiger partial charge on any atom is 0.220 e. The molecule has 3 atom stereocenters. The lowest BCUT2D eigenvalue weighted by atomic mass is 9.83. The molecular formula is C15H28N2O2. The fourth-order valence-electron chi connectivity index (χ4n) is 3.21. The highest BCUT2D eigenvalue weighted by Crippen LogP contribution is 2.25. The van der Waals surface area contributed by atoms with Gasteiger partial charge in [0.25, 0.3) is 0 Å². The van der Waals surface area contributed by atoms with Crippen LogP contribution in [0, 0.1) is 5.92 Å². The van der Waals surface area contributed by atoms with E-state index in [1.54, 1.807) is 0 Å². The van der Waals surface area contributed by atoms with Crippen LogP contribution in [-0.2, 0) is 9.53 Å².